The van der Waals surface area contributed by atoms with Crippen LogP contribution < -0.4 is 14.8 Å². The Bertz CT molecular complexity index is 461. The number of hydrogen-bond donors (Lipinski definition) is 2. The standard InChI is InChI=1S/C15H23NO3S/c1-4-15(2,10-17)16-9-11-7-12-13(8-14(11)20-3)19-6-5-18-12/h7-8,16-17H,4-6,9-10H2,1-3H3. The molecule has 1 aliphatic rings. The Morgan fingerprint density at radius 2 is 1.95 bits per heavy atom. The minimum absolute atomic E-state index is 0.128. The van der Waals surface area contributed by atoms with Crippen molar-refractivity contribution in [1.29, 1.82) is 0 Å². The van der Waals surface area contributed by atoms with Crippen LogP contribution in [0.3, 0.4) is 0 Å². The van der Waals surface area contributed by atoms with Crippen molar-refractivity contribution < 1.29 is 14.6 Å². The molecule has 4 nitrogen and oxygen atoms in total. The van der Waals surface area contributed by atoms with Gasteiger partial charge in [-0.05, 0) is 37.3 Å². The summed E-state index contributed by atoms with van der Waals surface area (Å²) in [5.74, 6) is 1.64. The molecule has 112 valence electrons. The smallest absolute Gasteiger partial charge is 0.162 e. The summed E-state index contributed by atoms with van der Waals surface area (Å²) in [4.78, 5) is 1.18. The second kappa shape index (κ2) is 6.70. The predicted octanol–water partition coefficient (Wildman–Crippen LogP) is 2.43. The molecule has 0 saturated heterocycles. The zero-order valence-electron chi connectivity index (χ0n) is 12.4. The first-order valence-corrected chi connectivity index (χ1v) is 8.16. The van der Waals surface area contributed by atoms with E-state index in [0.29, 0.717) is 19.8 Å². The zero-order chi connectivity index (χ0) is 14.6. The zero-order valence-corrected chi connectivity index (χ0v) is 13.2. The molecule has 1 aromatic rings. The van der Waals surface area contributed by atoms with Crippen LogP contribution in [0.4, 0.5) is 0 Å². The van der Waals surface area contributed by atoms with Crippen LogP contribution in [0.5, 0.6) is 11.5 Å². The van der Waals surface area contributed by atoms with Crippen LogP contribution in [0.15, 0.2) is 17.0 Å². The van der Waals surface area contributed by atoms with Gasteiger partial charge in [-0.3, -0.25) is 0 Å². The fourth-order valence-electron chi connectivity index (χ4n) is 2.04. The van der Waals surface area contributed by atoms with Gasteiger partial charge in [-0.15, -0.1) is 11.8 Å². The molecule has 1 unspecified atom stereocenters. The molecule has 1 aliphatic heterocycles. The highest BCUT2D eigenvalue weighted by molar-refractivity contribution is 7.98. The molecule has 0 fully saturated rings. The lowest BCUT2D eigenvalue weighted by molar-refractivity contribution is 0.166. The summed E-state index contributed by atoms with van der Waals surface area (Å²) in [5.41, 5.74) is 0.929. The van der Waals surface area contributed by atoms with Gasteiger partial charge in [0.05, 0.1) is 6.61 Å². The van der Waals surface area contributed by atoms with Crippen molar-refractivity contribution in [2.24, 2.45) is 0 Å². The quantitative estimate of drug-likeness (QED) is 0.790. The molecular weight excluding hydrogens is 274 g/mol. The molecular formula is C15H23NO3S. The van der Waals surface area contributed by atoms with E-state index in [2.05, 4.69) is 18.5 Å². The van der Waals surface area contributed by atoms with Crippen molar-refractivity contribution in [3.8, 4) is 11.5 Å². The highest BCUT2D eigenvalue weighted by Crippen LogP contribution is 2.36. The Balaban J connectivity index is 2.18. The van der Waals surface area contributed by atoms with Gasteiger partial charge in [-0.25, -0.2) is 0 Å². The lowest BCUT2D eigenvalue weighted by Gasteiger charge is -2.28. The van der Waals surface area contributed by atoms with E-state index in [0.717, 1.165) is 17.9 Å². The summed E-state index contributed by atoms with van der Waals surface area (Å²) in [5, 5.41) is 12.9. The molecule has 0 aliphatic carbocycles. The van der Waals surface area contributed by atoms with Crippen LogP contribution in [0.25, 0.3) is 0 Å². The summed E-state index contributed by atoms with van der Waals surface area (Å²) >= 11 is 1.70. The first-order valence-electron chi connectivity index (χ1n) is 6.94. The van der Waals surface area contributed by atoms with E-state index in [1.165, 1.54) is 10.5 Å². The Morgan fingerprint density at radius 1 is 1.30 bits per heavy atom. The van der Waals surface area contributed by atoms with Crippen LogP contribution in [-0.4, -0.2) is 36.7 Å². The lowest BCUT2D eigenvalue weighted by atomic mass is 10.00. The van der Waals surface area contributed by atoms with Crippen LogP contribution >= 0.6 is 11.8 Å². The van der Waals surface area contributed by atoms with Crippen LogP contribution in [0.2, 0.25) is 0 Å². The van der Waals surface area contributed by atoms with E-state index in [1.54, 1.807) is 11.8 Å². The van der Waals surface area contributed by atoms with Gasteiger partial charge in [0.15, 0.2) is 11.5 Å². The molecule has 0 saturated carbocycles. The number of ether oxygens (including phenoxy) is 2. The second-order valence-corrected chi connectivity index (χ2v) is 6.08. The molecule has 20 heavy (non-hydrogen) atoms. The second-order valence-electron chi connectivity index (χ2n) is 5.23. The molecule has 1 heterocycles. The number of benzene rings is 1. The third kappa shape index (κ3) is 3.40. The normalized spacial score (nSPS) is 16.8. The fourth-order valence-corrected chi connectivity index (χ4v) is 2.66. The molecule has 2 N–H and O–H groups in total. The Labute approximate surface area is 124 Å². The van der Waals surface area contributed by atoms with Gasteiger partial charge in [-0.2, -0.15) is 0 Å². The molecule has 0 aromatic heterocycles. The number of nitrogens with one attached hydrogen (secondary N) is 1. The predicted molar refractivity (Wildman–Crippen MR) is 81.8 cm³/mol. The van der Waals surface area contributed by atoms with Crippen LogP contribution in [0.1, 0.15) is 25.8 Å². The number of fused-ring (bicyclic) bond motifs is 1. The summed E-state index contributed by atoms with van der Waals surface area (Å²) < 4.78 is 11.2. The maximum absolute atomic E-state index is 9.47. The number of aliphatic hydroxyl groups excluding tert-OH is 1. The van der Waals surface area contributed by atoms with Gasteiger partial charge in [0.2, 0.25) is 0 Å². The number of thioether (sulfide) groups is 1. The molecule has 0 spiro atoms. The highest BCUT2D eigenvalue weighted by atomic mass is 32.2. The van der Waals surface area contributed by atoms with E-state index in [4.69, 9.17) is 9.47 Å². The topological polar surface area (TPSA) is 50.7 Å². The Kier molecular flexibility index (Phi) is 5.18. The van der Waals surface area contributed by atoms with Crippen molar-refractivity contribution in [3.63, 3.8) is 0 Å². The van der Waals surface area contributed by atoms with E-state index in [9.17, 15) is 5.11 Å². The van der Waals surface area contributed by atoms with Gasteiger partial charge in [0.1, 0.15) is 13.2 Å². The Hall–Kier alpha value is -0.910. The van der Waals surface area contributed by atoms with Crippen molar-refractivity contribution in [3.05, 3.63) is 17.7 Å². The van der Waals surface area contributed by atoms with Gasteiger partial charge >= 0.3 is 0 Å². The lowest BCUT2D eigenvalue weighted by Crippen LogP contribution is -2.44. The minimum Gasteiger partial charge on any atom is -0.486 e. The third-order valence-electron chi connectivity index (χ3n) is 3.78. The van der Waals surface area contributed by atoms with Gasteiger partial charge < -0.3 is 19.9 Å². The van der Waals surface area contributed by atoms with E-state index < -0.39 is 0 Å². The average Bonchev–Trinajstić information content (AvgIpc) is 2.51. The molecule has 2 rings (SSSR count). The summed E-state index contributed by atoms with van der Waals surface area (Å²) in [6, 6.07) is 4.08. The minimum atomic E-state index is -0.247. The maximum Gasteiger partial charge on any atom is 0.162 e. The van der Waals surface area contributed by atoms with Gasteiger partial charge in [0.25, 0.3) is 0 Å². The van der Waals surface area contributed by atoms with Crippen LogP contribution in [-0.2, 0) is 6.54 Å². The van der Waals surface area contributed by atoms with Crippen LogP contribution in [0, 0.1) is 0 Å². The monoisotopic (exact) mass is 297 g/mol. The van der Waals surface area contributed by atoms with Crippen molar-refractivity contribution in [2.75, 3.05) is 26.1 Å². The number of rotatable bonds is 6. The summed E-state index contributed by atoms with van der Waals surface area (Å²) in [7, 11) is 0. The maximum atomic E-state index is 9.47. The van der Waals surface area contributed by atoms with Crippen molar-refractivity contribution in [2.45, 2.75) is 37.2 Å². The molecule has 5 heteroatoms. The first-order chi connectivity index (χ1) is 9.61. The highest BCUT2D eigenvalue weighted by Gasteiger charge is 2.21. The summed E-state index contributed by atoms with van der Waals surface area (Å²) in [6.45, 7) is 6.14. The number of hydrogen-bond acceptors (Lipinski definition) is 5. The third-order valence-corrected chi connectivity index (χ3v) is 4.60. The number of aliphatic hydroxyl groups is 1. The molecule has 1 atom stereocenters. The average molecular weight is 297 g/mol. The molecule has 0 bridgehead atoms. The fraction of sp³-hybridized carbons (Fsp3) is 0.600. The van der Waals surface area contributed by atoms with E-state index in [-0.39, 0.29) is 12.1 Å². The largest absolute Gasteiger partial charge is 0.486 e. The Morgan fingerprint density at radius 3 is 2.50 bits per heavy atom. The van der Waals surface area contributed by atoms with E-state index >= 15 is 0 Å². The molecule has 1 aromatic carbocycles. The SMILES string of the molecule is CCC(C)(CO)NCc1cc2c(cc1SC)OCCO2. The molecule has 0 amide bonds. The van der Waals surface area contributed by atoms with Gasteiger partial charge in [0, 0.05) is 17.0 Å². The molecule has 0 radical (unpaired) electrons. The van der Waals surface area contributed by atoms with Gasteiger partial charge in [-0.1, -0.05) is 6.92 Å². The summed E-state index contributed by atoms with van der Waals surface area (Å²) in [6.07, 6.45) is 2.93. The van der Waals surface area contributed by atoms with E-state index in [1.807, 2.05) is 19.1 Å². The van der Waals surface area contributed by atoms with Crippen molar-refractivity contribution >= 4 is 11.8 Å². The first kappa shape index (κ1) is 15.5. The van der Waals surface area contributed by atoms with Crippen molar-refractivity contribution in [1.82, 2.24) is 5.32 Å².